The summed E-state index contributed by atoms with van der Waals surface area (Å²) in [4.78, 5) is 24.4. The van der Waals surface area contributed by atoms with E-state index in [-0.39, 0.29) is 13.0 Å². The zero-order valence-electron chi connectivity index (χ0n) is 18.9. The lowest BCUT2D eigenvalue weighted by Gasteiger charge is -2.14. The molecule has 0 aliphatic heterocycles. The second kappa shape index (κ2) is 10.1. The number of benzene rings is 3. The van der Waals surface area contributed by atoms with Crippen molar-refractivity contribution < 1.29 is 23.1 Å². The van der Waals surface area contributed by atoms with Gasteiger partial charge in [-0.2, -0.15) is 0 Å². The van der Waals surface area contributed by atoms with Gasteiger partial charge < -0.3 is 9.84 Å². The van der Waals surface area contributed by atoms with Crippen LogP contribution < -0.4 is 10.3 Å². The van der Waals surface area contributed by atoms with E-state index >= 15 is 0 Å². The molecule has 1 aromatic heterocycles. The Kier molecular flexibility index (Phi) is 6.92. The number of carboxylic acid groups (broad SMARTS) is 1. The van der Waals surface area contributed by atoms with Gasteiger partial charge in [0.05, 0.1) is 18.2 Å². The van der Waals surface area contributed by atoms with E-state index in [9.17, 15) is 23.1 Å². The summed E-state index contributed by atoms with van der Waals surface area (Å²) in [6.07, 6.45) is -0.311. The summed E-state index contributed by atoms with van der Waals surface area (Å²) < 4.78 is 32.1. The van der Waals surface area contributed by atoms with Crippen molar-refractivity contribution in [1.29, 1.82) is 0 Å². The molecule has 35 heavy (non-hydrogen) atoms. The van der Waals surface area contributed by atoms with Gasteiger partial charge in [-0.3, -0.25) is 9.59 Å². The third kappa shape index (κ3) is 5.38. The zero-order valence-corrected chi connectivity index (χ0v) is 19.7. The minimum atomic E-state index is -4.07. The molecule has 180 valence electrons. The molecule has 0 bridgehead atoms. The normalized spacial score (nSPS) is 12.4. The van der Waals surface area contributed by atoms with Crippen LogP contribution >= 0.6 is 0 Å². The van der Waals surface area contributed by atoms with Crippen LogP contribution in [0.1, 0.15) is 12.0 Å². The third-order valence-corrected chi connectivity index (χ3v) is 7.73. The molecule has 0 saturated heterocycles. The second-order valence-electron chi connectivity index (χ2n) is 7.98. The van der Waals surface area contributed by atoms with Crippen LogP contribution in [0.15, 0.2) is 77.6 Å². The molecule has 0 saturated carbocycles. The smallest absolute Gasteiger partial charge is 0.321 e. The number of carbonyl (C=O) groups is 1. The highest BCUT2D eigenvalue weighted by molar-refractivity contribution is 7.92. The fourth-order valence-electron chi connectivity index (χ4n) is 3.78. The summed E-state index contributed by atoms with van der Waals surface area (Å²) >= 11 is 0. The largest absolute Gasteiger partial charge is 0.497 e. The summed E-state index contributed by atoms with van der Waals surface area (Å²) in [5.74, 6) is -1.18. The fourth-order valence-corrected chi connectivity index (χ4v) is 5.41. The highest BCUT2D eigenvalue weighted by atomic mass is 32.2. The maximum atomic E-state index is 13.0. The van der Waals surface area contributed by atoms with E-state index in [0.717, 1.165) is 21.6 Å². The van der Waals surface area contributed by atoms with Crippen LogP contribution in [0, 0.1) is 0 Å². The molecule has 4 aromatic rings. The number of hydrogen-bond donors (Lipinski definition) is 1. The molecule has 1 heterocycles. The van der Waals surface area contributed by atoms with Crippen LogP contribution in [0.3, 0.4) is 0 Å². The lowest BCUT2D eigenvalue weighted by Crippen LogP contribution is -2.34. The van der Waals surface area contributed by atoms with E-state index < -0.39 is 32.4 Å². The quantitative estimate of drug-likeness (QED) is 0.377. The molecule has 0 spiro atoms. The van der Waals surface area contributed by atoms with E-state index in [4.69, 9.17) is 4.74 Å². The second-order valence-corrected chi connectivity index (χ2v) is 10.2. The first-order chi connectivity index (χ1) is 16.8. The Morgan fingerprint density at radius 3 is 2.26 bits per heavy atom. The predicted molar refractivity (Wildman–Crippen MR) is 131 cm³/mol. The van der Waals surface area contributed by atoms with Crippen molar-refractivity contribution in [1.82, 2.24) is 15.0 Å². The first kappa shape index (κ1) is 24.1. The summed E-state index contributed by atoms with van der Waals surface area (Å²) in [5, 5.41) is 16.0. The number of methoxy groups -OCH3 is 1. The van der Waals surface area contributed by atoms with Gasteiger partial charge in [0, 0.05) is 6.54 Å². The molecule has 0 aliphatic rings. The Labute approximate surface area is 201 Å². The number of aliphatic carboxylic acids is 1. The van der Waals surface area contributed by atoms with E-state index in [2.05, 4.69) is 10.3 Å². The van der Waals surface area contributed by atoms with Crippen molar-refractivity contribution in [3.8, 4) is 16.9 Å². The number of carboxylic acids is 1. The fraction of sp³-hybridized carbons (Fsp3) is 0.200. The lowest BCUT2D eigenvalue weighted by molar-refractivity contribution is -0.136. The van der Waals surface area contributed by atoms with E-state index in [1.807, 2.05) is 24.3 Å². The maximum absolute atomic E-state index is 13.0. The molecule has 0 aliphatic carbocycles. The Morgan fingerprint density at radius 1 is 1.00 bits per heavy atom. The molecule has 9 nitrogen and oxygen atoms in total. The minimum Gasteiger partial charge on any atom is -0.497 e. The SMILES string of the molecule is COc1ccc(-c2ccc(CS(=O)(=O)C(CCn3nnc4ccccc4c3=O)C(=O)O)cc2)cc1. The topological polar surface area (TPSA) is 128 Å². The van der Waals surface area contributed by atoms with Crippen LogP contribution in [0.2, 0.25) is 0 Å². The van der Waals surface area contributed by atoms with Crippen molar-refractivity contribution in [3.63, 3.8) is 0 Å². The Morgan fingerprint density at radius 2 is 1.63 bits per heavy atom. The standard InChI is InChI=1S/C25H23N3O6S/c1-34-20-12-10-19(11-13-20)18-8-6-17(7-9-18)16-35(32,33)23(25(30)31)14-15-28-24(29)21-4-2-3-5-22(21)26-27-28/h2-13,23H,14-16H2,1H3,(H,30,31). The highest BCUT2D eigenvalue weighted by Gasteiger charge is 2.32. The van der Waals surface area contributed by atoms with Gasteiger partial charge in [0.2, 0.25) is 0 Å². The predicted octanol–water partition coefficient (Wildman–Crippen LogP) is 2.93. The number of aryl methyl sites for hydroxylation is 1. The molecule has 0 amide bonds. The summed E-state index contributed by atoms with van der Waals surface area (Å²) in [6, 6.07) is 21.0. The van der Waals surface area contributed by atoms with Crippen LogP contribution in [0.25, 0.3) is 22.0 Å². The molecule has 3 aromatic carbocycles. The molecule has 0 radical (unpaired) electrons. The van der Waals surface area contributed by atoms with Crippen molar-refractivity contribution in [2.24, 2.45) is 0 Å². The van der Waals surface area contributed by atoms with Crippen molar-refractivity contribution in [3.05, 3.63) is 88.7 Å². The number of ether oxygens (including phenoxy) is 1. The van der Waals surface area contributed by atoms with Crippen LogP contribution in [0.4, 0.5) is 0 Å². The first-order valence-corrected chi connectivity index (χ1v) is 12.5. The van der Waals surface area contributed by atoms with Gasteiger partial charge in [-0.05, 0) is 47.4 Å². The average Bonchev–Trinajstić information content (AvgIpc) is 2.85. The minimum absolute atomic E-state index is 0.191. The Balaban J connectivity index is 1.49. The van der Waals surface area contributed by atoms with Crippen molar-refractivity contribution in [2.45, 2.75) is 24.0 Å². The van der Waals surface area contributed by atoms with Gasteiger partial charge in [-0.25, -0.2) is 13.1 Å². The van der Waals surface area contributed by atoms with Crippen LogP contribution in [-0.2, 0) is 26.9 Å². The third-order valence-electron chi connectivity index (χ3n) is 5.69. The maximum Gasteiger partial charge on any atom is 0.321 e. The lowest BCUT2D eigenvalue weighted by atomic mass is 10.0. The van der Waals surface area contributed by atoms with Gasteiger partial charge in [-0.1, -0.05) is 53.7 Å². The summed E-state index contributed by atoms with van der Waals surface area (Å²) in [7, 11) is -2.48. The van der Waals surface area contributed by atoms with Gasteiger partial charge in [-0.15, -0.1) is 5.10 Å². The zero-order chi connectivity index (χ0) is 25.0. The van der Waals surface area contributed by atoms with E-state index in [1.54, 1.807) is 55.6 Å². The molecule has 1 unspecified atom stereocenters. The van der Waals surface area contributed by atoms with Crippen molar-refractivity contribution >= 4 is 26.7 Å². The Bertz CT molecular complexity index is 1510. The average molecular weight is 494 g/mol. The molecule has 0 fully saturated rings. The molecular formula is C25H23N3O6S. The molecule has 1 atom stereocenters. The van der Waals surface area contributed by atoms with Crippen LogP contribution in [0.5, 0.6) is 5.75 Å². The Hall–Kier alpha value is -4.05. The molecule has 4 rings (SSSR count). The van der Waals surface area contributed by atoms with Crippen molar-refractivity contribution in [2.75, 3.05) is 7.11 Å². The van der Waals surface area contributed by atoms with Gasteiger partial charge in [0.1, 0.15) is 11.3 Å². The molecule has 1 N–H and O–H groups in total. The monoisotopic (exact) mass is 493 g/mol. The summed E-state index contributed by atoms with van der Waals surface area (Å²) in [6.45, 7) is -0.191. The number of rotatable bonds is 9. The van der Waals surface area contributed by atoms with E-state index in [0.29, 0.717) is 16.5 Å². The number of aromatic nitrogens is 3. The highest BCUT2D eigenvalue weighted by Crippen LogP contribution is 2.24. The van der Waals surface area contributed by atoms with Gasteiger partial charge in [0.15, 0.2) is 15.1 Å². The summed E-state index contributed by atoms with van der Waals surface area (Å²) in [5.41, 5.74) is 2.25. The number of sulfone groups is 1. The van der Waals surface area contributed by atoms with Gasteiger partial charge >= 0.3 is 5.97 Å². The first-order valence-electron chi connectivity index (χ1n) is 10.8. The number of fused-ring (bicyclic) bond motifs is 1. The van der Waals surface area contributed by atoms with E-state index in [1.165, 1.54) is 0 Å². The van der Waals surface area contributed by atoms with Crippen LogP contribution in [-0.4, -0.2) is 46.8 Å². The molecule has 10 heteroatoms. The number of nitrogens with zero attached hydrogens (tertiary/aromatic N) is 3. The molecular weight excluding hydrogens is 470 g/mol. The number of hydrogen-bond acceptors (Lipinski definition) is 7. The van der Waals surface area contributed by atoms with Gasteiger partial charge in [0.25, 0.3) is 5.56 Å².